The molecular formula is C23H26F3N7O2. The van der Waals surface area contributed by atoms with E-state index in [1.54, 1.807) is 0 Å². The van der Waals surface area contributed by atoms with E-state index in [-0.39, 0.29) is 28.8 Å². The Morgan fingerprint density at radius 2 is 1.63 bits per heavy atom. The molecule has 0 atom stereocenters. The number of hydrogen-bond donors (Lipinski definition) is 0. The van der Waals surface area contributed by atoms with Crippen LogP contribution >= 0.6 is 0 Å². The van der Waals surface area contributed by atoms with Crippen LogP contribution in [0.5, 0.6) is 5.88 Å². The summed E-state index contributed by atoms with van der Waals surface area (Å²) in [5, 5.41) is 11.4. The molecule has 2 amide bonds. The quantitative estimate of drug-likeness (QED) is 0.655. The van der Waals surface area contributed by atoms with Crippen molar-refractivity contribution in [1.82, 2.24) is 34.8 Å². The molecule has 0 unspecified atom stereocenters. The van der Waals surface area contributed by atoms with E-state index in [2.05, 4.69) is 20.3 Å². The molecule has 2 spiro atoms. The lowest BCUT2D eigenvalue weighted by molar-refractivity contribution is -0.142. The zero-order chi connectivity index (χ0) is 24.0. The van der Waals surface area contributed by atoms with Crippen LogP contribution in [-0.2, 0) is 6.18 Å². The first kappa shape index (κ1) is 21.4. The van der Waals surface area contributed by atoms with Crippen molar-refractivity contribution in [2.24, 2.45) is 10.8 Å². The second-order valence-corrected chi connectivity index (χ2v) is 11.3. The van der Waals surface area contributed by atoms with Gasteiger partial charge in [-0.15, -0.1) is 10.2 Å². The second-order valence-electron chi connectivity index (χ2n) is 11.3. The lowest BCUT2D eigenvalue weighted by Crippen LogP contribution is -2.71. The van der Waals surface area contributed by atoms with E-state index in [9.17, 15) is 18.0 Å². The number of carbonyl (C=O) groups is 1. The number of halogens is 3. The lowest BCUT2D eigenvalue weighted by atomic mass is 9.60. The Kier molecular flexibility index (Phi) is 4.32. The maximum Gasteiger partial charge on any atom is 0.435 e. The van der Waals surface area contributed by atoms with E-state index in [1.807, 2.05) is 20.8 Å². The molecule has 2 saturated heterocycles. The molecule has 3 saturated carbocycles. The molecule has 2 aliphatic heterocycles. The fraction of sp³-hybridized carbons (Fsp3) is 0.696. The molecule has 3 aliphatic carbocycles. The van der Waals surface area contributed by atoms with Crippen LogP contribution in [0.2, 0.25) is 0 Å². The average Bonchev–Trinajstić information content (AvgIpc) is 3.44. The van der Waals surface area contributed by atoms with Crippen molar-refractivity contribution in [2.45, 2.75) is 62.8 Å². The summed E-state index contributed by atoms with van der Waals surface area (Å²) in [6.07, 6.45) is 3.31. The number of nitrogens with zero attached hydrogens (tertiary/aromatic N) is 7. The molecule has 2 aromatic heterocycles. The van der Waals surface area contributed by atoms with Gasteiger partial charge < -0.3 is 14.5 Å². The number of amides is 2. The van der Waals surface area contributed by atoms with E-state index in [1.165, 1.54) is 18.9 Å². The van der Waals surface area contributed by atoms with Crippen LogP contribution in [0.3, 0.4) is 0 Å². The predicted octanol–water partition coefficient (Wildman–Crippen LogP) is 3.26. The van der Waals surface area contributed by atoms with Crippen LogP contribution in [0.1, 0.15) is 62.0 Å². The molecule has 186 valence electrons. The number of carbonyl (C=O) groups excluding carboxylic acids is 1. The highest BCUT2D eigenvalue weighted by Gasteiger charge is 2.59. The summed E-state index contributed by atoms with van der Waals surface area (Å²) in [6, 6.07) is 2.60. The zero-order valence-electron chi connectivity index (χ0n) is 19.1. The molecule has 9 nitrogen and oxygen atoms in total. The van der Waals surface area contributed by atoms with E-state index in [0.717, 1.165) is 50.7 Å². The van der Waals surface area contributed by atoms with Gasteiger partial charge in [-0.05, 0) is 44.6 Å². The van der Waals surface area contributed by atoms with Crippen molar-refractivity contribution in [3.63, 3.8) is 0 Å². The molecule has 35 heavy (non-hydrogen) atoms. The Morgan fingerprint density at radius 1 is 0.971 bits per heavy atom. The number of hydrogen-bond acceptors (Lipinski definition) is 6. The van der Waals surface area contributed by atoms with Crippen LogP contribution in [0, 0.1) is 10.8 Å². The van der Waals surface area contributed by atoms with E-state index < -0.39 is 11.9 Å². The van der Waals surface area contributed by atoms with E-state index >= 15 is 0 Å². The summed E-state index contributed by atoms with van der Waals surface area (Å²) in [5.41, 5.74) is -0.725. The van der Waals surface area contributed by atoms with Crippen LogP contribution in [0.4, 0.5) is 18.0 Å². The van der Waals surface area contributed by atoms with Gasteiger partial charge in [0.1, 0.15) is 12.4 Å². The first-order valence-electron chi connectivity index (χ1n) is 12.2. The lowest BCUT2D eigenvalue weighted by Gasteiger charge is -2.62. The Hall–Kier alpha value is -2.92. The van der Waals surface area contributed by atoms with Gasteiger partial charge >= 0.3 is 12.2 Å². The third-order valence-corrected chi connectivity index (χ3v) is 8.37. The smallest absolute Gasteiger partial charge is 0.435 e. The molecule has 7 rings (SSSR count). The molecule has 2 aromatic rings. The Balaban J connectivity index is 0.840. The standard InChI is InChI=1S/C23H26F3N7O2/c24-23(25,26)17-3-4-18(29-28-17)35-16-7-22(8-16)11-32(12-22)20(34)31-9-21(10-31)5-15(6-21)33-13-27-19(30-33)14-1-2-14/h3-4,13-16H,1-2,5-12H2. The fourth-order valence-corrected chi connectivity index (χ4v) is 6.33. The first-order valence-corrected chi connectivity index (χ1v) is 12.2. The van der Waals surface area contributed by atoms with Gasteiger partial charge in [0, 0.05) is 49.0 Å². The number of likely N-dealkylation sites (tertiary alicyclic amines) is 2. The van der Waals surface area contributed by atoms with Crippen LogP contribution < -0.4 is 4.74 Å². The Labute approximate surface area is 199 Å². The fourth-order valence-electron chi connectivity index (χ4n) is 6.33. The molecule has 0 aromatic carbocycles. The highest BCUT2D eigenvalue weighted by atomic mass is 19.4. The number of ether oxygens (including phenoxy) is 1. The molecule has 5 aliphatic rings. The summed E-state index contributed by atoms with van der Waals surface area (Å²) in [7, 11) is 0. The van der Waals surface area contributed by atoms with E-state index in [0.29, 0.717) is 25.0 Å². The average molecular weight is 490 g/mol. The Morgan fingerprint density at radius 3 is 2.20 bits per heavy atom. The largest absolute Gasteiger partial charge is 0.473 e. The van der Waals surface area contributed by atoms with Crippen molar-refractivity contribution >= 4 is 6.03 Å². The van der Waals surface area contributed by atoms with Crippen LogP contribution in [-0.4, -0.2) is 73.1 Å². The van der Waals surface area contributed by atoms with Crippen molar-refractivity contribution < 1.29 is 22.7 Å². The van der Waals surface area contributed by atoms with Gasteiger partial charge in [0.05, 0.1) is 6.04 Å². The van der Waals surface area contributed by atoms with Gasteiger partial charge in [0.25, 0.3) is 0 Å². The number of urea groups is 1. The van der Waals surface area contributed by atoms with Crippen molar-refractivity contribution in [3.05, 3.63) is 30.0 Å². The maximum atomic E-state index is 12.9. The molecule has 0 radical (unpaired) electrons. The summed E-state index contributed by atoms with van der Waals surface area (Å²) < 4.78 is 45.5. The minimum absolute atomic E-state index is 0.0656. The van der Waals surface area contributed by atoms with Crippen molar-refractivity contribution in [1.29, 1.82) is 0 Å². The van der Waals surface area contributed by atoms with Crippen LogP contribution in [0.25, 0.3) is 0 Å². The Bertz CT molecular complexity index is 1130. The highest BCUT2D eigenvalue weighted by molar-refractivity contribution is 5.77. The third kappa shape index (κ3) is 3.63. The molecule has 0 N–H and O–H groups in total. The minimum atomic E-state index is -4.51. The normalized spacial score (nSPS) is 25.1. The number of aromatic nitrogens is 5. The topological polar surface area (TPSA) is 89.3 Å². The van der Waals surface area contributed by atoms with Gasteiger partial charge in [-0.3, -0.25) is 0 Å². The SMILES string of the molecule is O=C(N1CC2(CC(Oc3ccc(C(F)(F)F)nn3)C2)C1)N1CC2(CC(n3cnc(C4CC4)n3)C2)C1. The summed E-state index contributed by atoms with van der Waals surface area (Å²) in [4.78, 5) is 21.2. The predicted molar refractivity (Wildman–Crippen MR) is 114 cm³/mol. The summed E-state index contributed by atoms with van der Waals surface area (Å²) in [6.45, 7) is 3.04. The van der Waals surface area contributed by atoms with Gasteiger partial charge in [-0.2, -0.15) is 18.3 Å². The number of rotatable bonds is 4. The zero-order valence-corrected chi connectivity index (χ0v) is 19.1. The van der Waals surface area contributed by atoms with Crippen molar-refractivity contribution in [2.75, 3.05) is 26.2 Å². The highest BCUT2D eigenvalue weighted by Crippen LogP contribution is 2.55. The summed E-state index contributed by atoms with van der Waals surface area (Å²) >= 11 is 0. The van der Waals surface area contributed by atoms with Gasteiger partial charge in [-0.25, -0.2) is 14.5 Å². The molecule has 4 heterocycles. The molecule has 0 bridgehead atoms. The molecule has 5 fully saturated rings. The summed E-state index contributed by atoms with van der Waals surface area (Å²) in [5.74, 6) is 1.65. The first-order chi connectivity index (χ1) is 16.7. The molecule has 12 heteroatoms. The van der Waals surface area contributed by atoms with Gasteiger partial charge in [0.2, 0.25) is 5.88 Å². The van der Waals surface area contributed by atoms with E-state index in [4.69, 9.17) is 4.74 Å². The van der Waals surface area contributed by atoms with Gasteiger partial charge in [-0.1, -0.05) is 0 Å². The van der Waals surface area contributed by atoms with Crippen LogP contribution in [0.15, 0.2) is 18.5 Å². The van der Waals surface area contributed by atoms with Gasteiger partial charge in [0.15, 0.2) is 11.5 Å². The monoisotopic (exact) mass is 489 g/mol. The maximum absolute atomic E-state index is 12.9. The number of alkyl halides is 3. The molecular weight excluding hydrogens is 463 g/mol. The minimum Gasteiger partial charge on any atom is -0.473 e. The van der Waals surface area contributed by atoms with Crippen molar-refractivity contribution in [3.8, 4) is 5.88 Å². The second kappa shape index (κ2) is 7.07. The third-order valence-electron chi connectivity index (χ3n) is 8.37.